The first-order chi connectivity index (χ1) is 7.16. The molecule has 0 spiro atoms. The van der Waals surface area contributed by atoms with E-state index in [-0.39, 0.29) is 10.6 Å². The third-order valence-corrected chi connectivity index (χ3v) is 2.85. The number of hydrogen-bond donors (Lipinski definition) is 0. The molecule has 0 aliphatic carbocycles. The first kappa shape index (κ1) is 9.96. The molecule has 1 atom stereocenters. The van der Waals surface area contributed by atoms with Gasteiger partial charge < -0.3 is 4.90 Å². The van der Waals surface area contributed by atoms with Crippen molar-refractivity contribution in [2.45, 2.75) is 13.3 Å². The summed E-state index contributed by atoms with van der Waals surface area (Å²) in [6.45, 7) is 4.34. The van der Waals surface area contributed by atoms with Crippen molar-refractivity contribution in [1.29, 1.82) is 0 Å². The lowest BCUT2D eigenvalue weighted by Crippen LogP contribution is -2.18. The second kappa shape index (κ2) is 3.88. The van der Waals surface area contributed by atoms with Crippen LogP contribution in [-0.2, 0) is 0 Å². The molecule has 0 radical (unpaired) electrons. The molecule has 0 bridgehead atoms. The summed E-state index contributed by atoms with van der Waals surface area (Å²) >= 11 is 0. The van der Waals surface area contributed by atoms with Gasteiger partial charge in [-0.2, -0.15) is 0 Å². The van der Waals surface area contributed by atoms with Crippen molar-refractivity contribution in [1.82, 2.24) is 0 Å². The van der Waals surface area contributed by atoms with Gasteiger partial charge in [-0.05, 0) is 24.5 Å². The van der Waals surface area contributed by atoms with Gasteiger partial charge in [-0.1, -0.05) is 6.92 Å². The normalized spacial score (nSPS) is 20.6. The third-order valence-electron chi connectivity index (χ3n) is 2.85. The van der Waals surface area contributed by atoms with Crippen molar-refractivity contribution in [3.05, 3.63) is 34.4 Å². The zero-order valence-electron chi connectivity index (χ0n) is 8.72. The highest BCUT2D eigenvalue weighted by molar-refractivity contribution is 5.51. The summed E-state index contributed by atoms with van der Waals surface area (Å²) in [7, 11) is 0. The van der Waals surface area contributed by atoms with Crippen molar-refractivity contribution < 1.29 is 4.92 Å². The van der Waals surface area contributed by atoms with Crippen LogP contribution in [0.1, 0.15) is 13.3 Å². The number of nitro groups is 1. The smallest absolute Gasteiger partial charge is 0.269 e. The molecular weight excluding hydrogens is 192 g/mol. The van der Waals surface area contributed by atoms with Crippen LogP contribution < -0.4 is 4.90 Å². The predicted octanol–water partition coefficient (Wildman–Crippen LogP) is 2.44. The molecule has 1 saturated heterocycles. The Hall–Kier alpha value is -1.58. The van der Waals surface area contributed by atoms with Gasteiger partial charge in [-0.3, -0.25) is 10.1 Å². The molecule has 1 fully saturated rings. The molecule has 1 aliphatic rings. The van der Waals surface area contributed by atoms with Crippen LogP contribution in [0.15, 0.2) is 24.3 Å². The van der Waals surface area contributed by atoms with Gasteiger partial charge in [0.15, 0.2) is 0 Å². The van der Waals surface area contributed by atoms with E-state index in [9.17, 15) is 10.1 Å². The average molecular weight is 206 g/mol. The van der Waals surface area contributed by atoms with Crippen molar-refractivity contribution in [3.63, 3.8) is 0 Å². The minimum absolute atomic E-state index is 0.158. The quantitative estimate of drug-likeness (QED) is 0.551. The van der Waals surface area contributed by atoms with Gasteiger partial charge in [0.2, 0.25) is 0 Å². The standard InChI is InChI=1S/C11H14N2O2/c1-9-6-7-12(8-9)10-2-4-11(5-3-10)13(14)15/h2-5,9H,6-8H2,1H3/t9-/m0/s1. The van der Waals surface area contributed by atoms with E-state index in [0.29, 0.717) is 0 Å². The summed E-state index contributed by atoms with van der Waals surface area (Å²) in [5.74, 6) is 0.722. The molecule has 1 aromatic carbocycles. The minimum Gasteiger partial charge on any atom is -0.371 e. The Morgan fingerprint density at radius 3 is 2.53 bits per heavy atom. The molecular formula is C11H14N2O2. The van der Waals surface area contributed by atoms with Crippen molar-refractivity contribution in [2.24, 2.45) is 5.92 Å². The van der Waals surface area contributed by atoms with Crippen LogP contribution in [-0.4, -0.2) is 18.0 Å². The van der Waals surface area contributed by atoms with Crippen LogP contribution in [0.2, 0.25) is 0 Å². The van der Waals surface area contributed by atoms with Gasteiger partial charge in [0, 0.05) is 30.9 Å². The van der Waals surface area contributed by atoms with Gasteiger partial charge in [0.05, 0.1) is 4.92 Å². The van der Waals surface area contributed by atoms with Gasteiger partial charge >= 0.3 is 0 Å². The highest BCUT2D eigenvalue weighted by Crippen LogP contribution is 2.25. The molecule has 0 unspecified atom stereocenters. The van der Waals surface area contributed by atoms with Crippen molar-refractivity contribution in [2.75, 3.05) is 18.0 Å². The summed E-state index contributed by atoms with van der Waals surface area (Å²) in [5.41, 5.74) is 1.25. The lowest BCUT2D eigenvalue weighted by Gasteiger charge is -2.17. The molecule has 2 rings (SSSR count). The number of hydrogen-bond acceptors (Lipinski definition) is 3. The average Bonchev–Trinajstić information content (AvgIpc) is 2.65. The Balaban J connectivity index is 2.13. The maximum Gasteiger partial charge on any atom is 0.269 e. The molecule has 4 heteroatoms. The number of nitrogens with zero attached hydrogens (tertiary/aromatic N) is 2. The van der Waals surface area contributed by atoms with E-state index in [1.54, 1.807) is 12.1 Å². The van der Waals surface area contributed by atoms with E-state index in [1.807, 2.05) is 12.1 Å². The highest BCUT2D eigenvalue weighted by Gasteiger charge is 2.19. The van der Waals surface area contributed by atoms with E-state index >= 15 is 0 Å². The van der Waals surface area contributed by atoms with E-state index in [1.165, 1.54) is 6.42 Å². The zero-order valence-corrected chi connectivity index (χ0v) is 8.72. The lowest BCUT2D eigenvalue weighted by atomic mass is 10.2. The summed E-state index contributed by atoms with van der Waals surface area (Å²) in [5, 5.41) is 10.5. The molecule has 0 aromatic heterocycles. The van der Waals surface area contributed by atoms with Crippen LogP contribution in [0.25, 0.3) is 0 Å². The first-order valence-electron chi connectivity index (χ1n) is 5.16. The monoisotopic (exact) mass is 206 g/mol. The number of nitro benzene ring substituents is 1. The van der Waals surface area contributed by atoms with Gasteiger partial charge in [0.1, 0.15) is 0 Å². The lowest BCUT2D eigenvalue weighted by molar-refractivity contribution is -0.384. The summed E-state index contributed by atoms with van der Waals surface area (Å²) in [6, 6.07) is 6.79. The second-order valence-electron chi connectivity index (χ2n) is 4.11. The number of rotatable bonds is 2. The second-order valence-corrected chi connectivity index (χ2v) is 4.11. The van der Waals surface area contributed by atoms with E-state index in [0.717, 1.165) is 24.7 Å². The van der Waals surface area contributed by atoms with Crippen LogP contribution in [0, 0.1) is 16.0 Å². The summed E-state index contributed by atoms with van der Waals surface area (Å²) < 4.78 is 0. The molecule has 0 N–H and O–H groups in total. The van der Waals surface area contributed by atoms with Gasteiger partial charge in [-0.15, -0.1) is 0 Å². The number of benzene rings is 1. The van der Waals surface area contributed by atoms with E-state index in [2.05, 4.69) is 11.8 Å². The van der Waals surface area contributed by atoms with Crippen molar-refractivity contribution in [3.8, 4) is 0 Å². The summed E-state index contributed by atoms with van der Waals surface area (Å²) in [4.78, 5) is 12.4. The van der Waals surface area contributed by atoms with Crippen molar-refractivity contribution >= 4 is 11.4 Å². The molecule has 0 amide bonds. The molecule has 1 aliphatic heterocycles. The van der Waals surface area contributed by atoms with Crippen LogP contribution in [0.5, 0.6) is 0 Å². The molecule has 15 heavy (non-hydrogen) atoms. The minimum atomic E-state index is -0.365. The van der Waals surface area contributed by atoms with Crippen LogP contribution >= 0.6 is 0 Å². The Kier molecular flexibility index (Phi) is 2.58. The topological polar surface area (TPSA) is 46.4 Å². The fraction of sp³-hybridized carbons (Fsp3) is 0.455. The Labute approximate surface area is 88.7 Å². The molecule has 80 valence electrons. The Morgan fingerprint density at radius 2 is 2.07 bits per heavy atom. The molecule has 1 aromatic rings. The molecule has 0 saturated carbocycles. The fourth-order valence-electron chi connectivity index (χ4n) is 1.95. The Morgan fingerprint density at radius 1 is 1.40 bits per heavy atom. The first-order valence-corrected chi connectivity index (χ1v) is 5.16. The maximum atomic E-state index is 10.5. The van der Waals surface area contributed by atoms with E-state index < -0.39 is 0 Å². The van der Waals surface area contributed by atoms with E-state index in [4.69, 9.17) is 0 Å². The number of anilines is 1. The van der Waals surface area contributed by atoms with Gasteiger partial charge in [0.25, 0.3) is 5.69 Å². The maximum absolute atomic E-state index is 10.5. The highest BCUT2D eigenvalue weighted by atomic mass is 16.6. The molecule has 1 heterocycles. The van der Waals surface area contributed by atoms with Crippen LogP contribution in [0.4, 0.5) is 11.4 Å². The van der Waals surface area contributed by atoms with Crippen LogP contribution in [0.3, 0.4) is 0 Å². The largest absolute Gasteiger partial charge is 0.371 e. The third kappa shape index (κ3) is 2.09. The Bertz CT molecular complexity index is 361. The fourth-order valence-corrected chi connectivity index (χ4v) is 1.95. The number of non-ortho nitro benzene ring substituents is 1. The predicted molar refractivity (Wildman–Crippen MR) is 59.1 cm³/mol. The molecule has 4 nitrogen and oxygen atoms in total. The van der Waals surface area contributed by atoms with Gasteiger partial charge in [-0.25, -0.2) is 0 Å². The summed E-state index contributed by atoms with van der Waals surface area (Å²) in [6.07, 6.45) is 1.21. The SMILES string of the molecule is C[C@H]1CCN(c2ccc([N+](=O)[O-])cc2)C1. The zero-order chi connectivity index (χ0) is 10.8.